The van der Waals surface area contributed by atoms with E-state index in [0.717, 1.165) is 4.47 Å². The van der Waals surface area contributed by atoms with Gasteiger partial charge in [0.15, 0.2) is 0 Å². The molecule has 1 aromatic carbocycles. The molecule has 2 N–H and O–H groups in total. The van der Waals surface area contributed by atoms with E-state index in [-0.39, 0.29) is 6.61 Å². The van der Waals surface area contributed by atoms with Gasteiger partial charge in [0.2, 0.25) is 0 Å². The van der Waals surface area contributed by atoms with Gasteiger partial charge in [0.25, 0.3) is 0 Å². The van der Waals surface area contributed by atoms with Gasteiger partial charge in [0, 0.05) is 10.2 Å². The number of carbonyl (C=O) groups excluding carboxylic acids is 1. The number of rotatable bonds is 3. The van der Waals surface area contributed by atoms with Crippen LogP contribution >= 0.6 is 15.9 Å². The monoisotopic (exact) mass is 255 g/mol. The smallest absolute Gasteiger partial charge is 0.340 e. The van der Waals surface area contributed by atoms with E-state index < -0.39 is 5.97 Å². The van der Waals surface area contributed by atoms with Crippen LogP contribution in [0.15, 0.2) is 35.3 Å². The molecule has 0 aliphatic carbocycles. The maximum absolute atomic E-state index is 11.4. The molecule has 0 saturated heterocycles. The van der Waals surface area contributed by atoms with Crippen LogP contribution in [-0.2, 0) is 4.74 Å². The van der Waals surface area contributed by atoms with E-state index in [4.69, 9.17) is 10.5 Å². The molecule has 0 radical (unpaired) electrons. The van der Waals surface area contributed by atoms with Crippen molar-refractivity contribution in [1.82, 2.24) is 0 Å². The first-order chi connectivity index (χ1) is 6.65. The number of esters is 1. The molecule has 14 heavy (non-hydrogen) atoms. The Labute approximate surface area is 90.7 Å². The molecular weight excluding hydrogens is 246 g/mol. The zero-order chi connectivity index (χ0) is 10.6. The number of ether oxygens (including phenoxy) is 1. The van der Waals surface area contributed by atoms with Crippen LogP contribution < -0.4 is 5.73 Å². The van der Waals surface area contributed by atoms with Gasteiger partial charge in [0.1, 0.15) is 6.61 Å². The molecule has 0 atom stereocenters. The lowest BCUT2D eigenvalue weighted by Crippen LogP contribution is -2.08. The molecule has 3 nitrogen and oxygen atoms in total. The molecule has 0 aliphatic rings. The number of benzene rings is 1. The number of anilines is 1. The summed E-state index contributed by atoms with van der Waals surface area (Å²) >= 11 is 3.25. The lowest BCUT2D eigenvalue weighted by Gasteiger charge is -2.05. The van der Waals surface area contributed by atoms with E-state index in [9.17, 15) is 4.79 Å². The second-order valence-electron chi connectivity index (χ2n) is 2.62. The zero-order valence-electron chi connectivity index (χ0n) is 7.50. The van der Waals surface area contributed by atoms with Crippen LogP contribution in [0.1, 0.15) is 10.4 Å². The van der Waals surface area contributed by atoms with Crippen LogP contribution in [-0.4, -0.2) is 12.6 Å². The number of carbonyl (C=O) groups is 1. The van der Waals surface area contributed by atoms with Gasteiger partial charge in [-0.05, 0) is 18.2 Å². The summed E-state index contributed by atoms with van der Waals surface area (Å²) in [7, 11) is 0. The van der Waals surface area contributed by atoms with Crippen LogP contribution in [0.2, 0.25) is 0 Å². The highest BCUT2D eigenvalue weighted by molar-refractivity contribution is 9.10. The van der Waals surface area contributed by atoms with Gasteiger partial charge in [-0.2, -0.15) is 0 Å². The summed E-state index contributed by atoms with van der Waals surface area (Å²) < 4.78 is 5.64. The highest BCUT2D eigenvalue weighted by Crippen LogP contribution is 2.19. The van der Waals surface area contributed by atoms with Crippen molar-refractivity contribution in [3.63, 3.8) is 0 Å². The predicted octanol–water partition coefficient (Wildman–Crippen LogP) is 2.37. The quantitative estimate of drug-likeness (QED) is 0.513. The van der Waals surface area contributed by atoms with Crippen molar-refractivity contribution in [2.45, 2.75) is 0 Å². The fraction of sp³-hybridized carbons (Fsp3) is 0.100. The van der Waals surface area contributed by atoms with Crippen LogP contribution in [0, 0.1) is 0 Å². The lowest BCUT2D eigenvalue weighted by molar-refractivity contribution is 0.0551. The molecule has 0 amide bonds. The molecule has 0 aliphatic heterocycles. The minimum atomic E-state index is -0.441. The molecule has 0 heterocycles. The SMILES string of the molecule is C=CCOC(=O)c1cc(Br)ccc1N. The van der Waals surface area contributed by atoms with E-state index in [1.807, 2.05) is 0 Å². The first-order valence-corrected chi connectivity index (χ1v) is 4.77. The second-order valence-corrected chi connectivity index (χ2v) is 3.53. The summed E-state index contributed by atoms with van der Waals surface area (Å²) in [5, 5.41) is 0. The van der Waals surface area contributed by atoms with Crippen molar-refractivity contribution >= 4 is 27.6 Å². The summed E-state index contributed by atoms with van der Waals surface area (Å²) in [6.07, 6.45) is 1.51. The molecule has 1 aromatic rings. The maximum atomic E-state index is 11.4. The minimum Gasteiger partial charge on any atom is -0.458 e. The average molecular weight is 256 g/mol. The first kappa shape index (κ1) is 10.8. The van der Waals surface area contributed by atoms with Crippen molar-refractivity contribution in [1.29, 1.82) is 0 Å². The van der Waals surface area contributed by atoms with E-state index in [0.29, 0.717) is 11.3 Å². The summed E-state index contributed by atoms with van der Waals surface area (Å²) in [4.78, 5) is 11.4. The summed E-state index contributed by atoms with van der Waals surface area (Å²) in [5.74, 6) is -0.441. The number of hydrogen-bond donors (Lipinski definition) is 1. The predicted molar refractivity (Wildman–Crippen MR) is 59.0 cm³/mol. The van der Waals surface area contributed by atoms with Crippen molar-refractivity contribution < 1.29 is 9.53 Å². The van der Waals surface area contributed by atoms with E-state index in [1.165, 1.54) is 6.08 Å². The third kappa shape index (κ3) is 2.60. The number of hydrogen-bond acceptors (Lipinski definition) is 3. The second kappa shape index (κ2) is 4.81. The van der Waals surface area contributed by atoms with E-state index in [1.54, 1.807) is 18.2 Å². The topological polar surface area (TPSA) is 52.3 Å². The number of nitrogen functional groups attached to an aromatic ring is 1. The average Bonchev–Trinajstić information content (AvgIpc) is 2.18. The Kier molecular flexibility index (Phi) is 3.71. The van der Waals surface area contributed by atoms with Crippen molar-refractivity contribution in [2.24, 2.45) is 0 Å². The highest BCUT2D eigenvalue weighted by Gasteiger charge is 2.10. The maximum Gasteiger partial charge on any atom is 0.340 e. The summed E-state index contributed by atoms with van der Waals surface area (Å²) in [5.41, 5.74) is 6.38. The molecule has 0 unspecified atom stereocenters. The molecule has 0 bridgehead atoms. The molecule has 4 heteroatoms. The molecule has 0 saturated carbocycles. The van der Waals surface area contributed by atoms with Gasteiger partial charge in [-0.15, -0.1) is 0 Å². The third-order valence-electron chi connectivity index (χ3n) is 1.57. The normalized spacial score (nSPS) is 9.50. The van der Waals surface area contributed by atoms with Crippen molar-refractivity contribution in [2.75, 3.05) is 12.3 Å². The number of nitrogens with two attached hydrogens (primary N) is 1. The van der Waals surface area contributed by atoms with Crippen LogP contribution in [0.5, 0.6) is 0 Å². The molecular formula is C10H10BrNO2. The standard InChI is InChI=1S/C10H10BrNO2/c1-2-5-14-10(13)8-6-7(11)3-4-9(8)12/h2-4,6H,1,5,12H2. The summed E-state index contributed by atoms with van der Waals surface area (Å²) in [6, 6.07) is 5.04. The third-order valence-corrected chi connectivity index (χ3v) is 2.06. The minimum absolute atomic E-state index is 0.185. The Balaban J connectivity index is 2.88. The fourth-order valence-electron chi connectivity index (χ4n) is 0.918. The van der Waals surface area contributed by atoms with Gasteiger partial charge in [-0.25, -0.2) is 4.79 Å². The Hall–Kier alpha value is -1.29. The molecule has 74 valence electrons. The molecule has 0 spiro atoms. The molecule has 0 aromatic heterocycles. The Bertz CT molecular complexity index is 363. The molecule has 1 rings (SSSR count). The van der Waals surface area contributed by atoms with Gasteiger partial charge >= 0.3 is 5.97 Å². The Morgan fingerprint density at radius 1 is 1.64 bits per heavy atom. The fourth-order valence-corrected chi connectivity index (χ4v) is 1.28. The van der Waals surface area contributed by atoms with E-state index >= 15 is 0 Å². The number of halogens is 1. The van der Waals surface area contributed by atoms with Crippen molar-refractivity contribution in [3.05, 3.63) is 40.9 Å². The van der Waals surface area contributed by atoms with Crippen LogP contribution in [0.3, 0.4) is 0 Å². The Morgan fingerprint density at radius 2 is 2.36 bits per heavy atom. The van der Waals surface area contributed by atoms with Gasteiger partial charge in [0.05, 0.1) is 5.56 Å². The van der Waals surface area contributed by atoms with E-state index in [2.05, 4.69) is 22.5 Å². The molecule has 0 fully saturated rings. The lowest BCUT2D eigenvalue weighted by atomic mass is 10.2. The van der Waals surface area contributed by atoms with Gasteiger partial charge in [-0.1, -0.05) is 28.6 Å². The van der Waals surface area contributed by atoms with Gasteiger partial charge in [-0.3, -0.25) is 0 Å². The van der Waals surface area contributed by atoms with Crippen LogP contribution in [0.25, 0.3) is 0 Å². The van der Waals surface area contributed by atoms with Crippen LogP contribution in [0.4, 0.5) is 5.69 Å². The zero-order valence-corrected chi connectivity index (χ0v) is 9.08. The summed E-state index contributed by atoms with van der Waals surface area (Å²) in [6.45, 7) is 3.63. The first-order valence-electron chi connectivity index (χ1n) is 3.98. The Morgan fingerprint density at radius 3 is 3.00 bits per heavy atom. The van der Waals surface area contributed by atoms with Crippen molar-refractivity contribution in [3.8, 4) is 0 Å². The van der Waals surface area contributed by atoms with Gasteiger partial charge < -0.3 is 10.5 Å². The highest BCUT2D eigenvalue weighted by atomic mass is 79.9. The largest absolute Gasteiger partial charge is 0.458 e.